The van der Waals surface area contributed by atoms with Gasteiger partial charge in [0.1, 0.15) is 5.82 Å². The number of sulfonamides is 1. The highest BCUT2D eigenvalue weighted by molar-refractivity contribution is 7.89. The monoisotopic (exact) mass is 301 g/mol. The van der Waals surface area contributed by atoms with E-state index in [2.05, 4.69) is 0 Å². The Labute approximate surface area is 117 Å². The van der Waals surface area contributed by atoms with Crippen molar-refractivity contribution in [3.05, 3.63) is 30.1 Å². The molecule has 1 unspecified atom stereocenters. The lowest BCUT2D eigenvalue weighted by atomic mass is 9.99. The van der Waals surface area contributed by atoms with E-state index in [1.54, 1.807) is 0 Å². The Morgan fingerprint density at radius 3 is 2.60 bits per heavy atom. The third-order valence-corrected chi connectivity index (χ3v) is 5.80. The standard InChI is InChI=1S/C13H16FNO4S/c14-11-2-1-3-12(8-11)20(16,17)15-5-7-19-10-13(15)4-6-18-9-13/h1-3,8H,4-7,9-10H2. The molecule has 0 aromatic heterocycles. The summed E-state index contributed by atoms with van der Waals surface area (Å²) in [6, 6.07) is 5.10. The van der Waals surface area contributed by atoms with Crippen molar-refractivity contribution in [2.75, 3.05) is 33.0 Å². The molecule has 110 valence electrons. The molecule has 2 aliphatic heterocycles. The molecule has 0 bridgehead atoms. The Morgan fingerprint density at radius 1 is 1.20 bits per heavy atom. The van der Waals surface area contributed by atoms with Gasteiger partial charge in [0, 0.05) is 13.2 Å². The maximum absolute atomic E-state index is 13.3. The zero-order chi connectivity index (χ0) is 14.2. The van der Waals surface area contributed by atoms with Crippen LogP contribution in [0.1, 0.15) is 6.42 Å². The number of rotatable bonds is 2. The first-order valence-corrected chi connectivity index (χ1v) is 7.93. The predicted molar refractivity (Wildman–Crippen MR) is 69.3 cm³/mol. The molecule has 1 spiro atoms. The van der Waals surface area contributed by atoms with E-state index in [-0.39, 0.29) is 11.4 Å². The van der Waals surface area contributed by atoms with E-state index in [0.717, 1.165) is 6.07 Å². The zero-order valence-electron chi connectivity index (χ0n) is 10.9. The number of ether oxygens (including phenoxy) is 2. The van der Waals surface area contributed by atoms with Gasteiger partial charge in [-0.1, -0.05) is 6.07 Å². The van der Waals surface area contributed by atoms with Gasteiger partial charge in [-0.2, -0.15) is 4.31 Å². The van der Waals surface area contributed by atoms with Crippen molar-refractivity contribution < 1.29 is 22.3 Å². The average molecular weight is 301 g/mol. The first-order chi connectivity index (χ1) is 9.55. The topological polar surface area (TPSA) is 55.8 Å². The van der Waals surface area contributed by atoms with Crippen LogP contribution in [0.2, 0.25) is 0 Å². The lowest BCUT2D eigenvalue weighted by Gasteiger charge is -2.42. The highest BCUT2D eigenvalue weighted by Crippen LogP contribution is 2.34. The zero-order valence-corrected chi connectivity index (χ0v) is 11.7. The molecule has 7 heteroatoms. The summed E-state index contributed by atoms with van der Waals surface area (Å²) in [5, 5.41) is 0. The summed E-state index contributed by atoms with van der Waals surface area (Å²) in [5.74, 6) is -0.559. The first-order valence-electron chi connectivity index (χ1n) is 6.49. The van der Waals surface area contributed by atoms with Crippen LogP contribution >= 0.6 is 0 Å². The predicted octanol–water partition coefficient (Wildman–Crippen LogP) is 1.01. The van der Waals surface area contributed by atoms with Crippen LogP contribution in [0.5, 0.6) is 0 Å². The fourth-order valence-corrected chi connectivity index (χ4v) is 4.54. The summed E-state index contributed by atoms with van der Waals surface area (Å²) in [6.45, 7) is 1.76. The maximum atomic E-state index is 13.3. The van der Waals surface area contributed by atoms with E-state index in [0.29, 0.717) is 32.8 Å². The highest BCUT2D eigenvalue weighted by atomic mass is 32.2. The minimum atomic E-state index is -3.74. The fourth-order valence-electron chi connectivity index (χ4n) is 2.76. The van der Waals surface area contributed by atoms with Crippen molar-refractivity contribution in [1.29, 1.82) is 0 Å². The summed E-state index contributed by atoms with van der Waals surface area (Å²) in [4.78, 5) is -0.0225. The van der Waals surface area contributed by atoms with Gasteiger partial charge < -0.3 is 9.47 Å². The molecule has 2 saturated heterocycles. The Balaban J connectivity index is 2.01. The molecule has 1 aromatic carbocycles. The minimum Gasteiger partial charge on any atom is -0.379 e. The minimum absolute atomic E-state index is 0.0225. The molecule has 0 N–H and O–H groups in total. The van der Waals surface area contributed by atoms with Crippen LogP contribution in [-0.2, 0) is 19.5 Å². The fraction of sp³-hybridized carbons (Fsp3) is 0.538. The number of benzene rings is 1. The van der Waals surface area contributed by atoms with E-state index in [1.165, 1.54) is 22.5 Å². The lowest BCUT2D eigenvalue weighted by Crippen LogP contribution is -2.59. The summed E-state index contributed by atoms with van der Waals surface area (Å²) in [5.41, 5.74) is -0.649. The second-order valence-corrected chi connectivity index (χ2v) is 6.98. The molecule has 0 aliphatic carbocycles. The average Bonchev–Trinajstić information content (AvgIpc) is 2.88. The molecular weight excluding hydrogens is 285 g/mol. The van der Waals surface area contributed by atoms with Gasteiger partial charge in [0.25, 0.3) is 0 Å². The molecular formula is C13H16FNO4S. The first kappa shape index (κ1) is 13.9. The molecule has 2 aliphatic rings. The Morgan fingerprint density at radius 2 is 1.95 bits per heavy atom. The van der Waals surface area contributed by atoms with E-state index in [9.17, 15) is 12.8 Å². The Kier molecular flexibility index (Phi) is 3.53. The Hall–Kier alpha value is -1.02. The highest BCUT2D eigenvalue weighted by Gasteiger charge is 2.49. The third kappa shape index (κ3) is 2.24. The van der Waals surface area contributed by atoms with Gasteiger partial charge in [-0.05, 0) is 24.6 Å². The van der Waals surface area contributed by atoms with Crippen molar-refractivity contribution >= 4 is 10.0 Å². The van der Waals surface area contributed by atoms with Crippen LogP contribution in [0, 0.1) is 5.82 Å². The van der Waals surface area contributed by atoms with Crippen LogP contribution in [0.15, 0.2) is 29.2 Å². The molecule has 0 saturated carbocycles. The number of nitrogens with zero attached hydrogens (tertiary/aromatic N) is 1. The van der Waals surface area contributed by atoms with Crippen LogP contribution in [0.3, 0.4) is 0 Å². The molecule has 0 amide bonds. The van der Waals surface area contributed by atoms with Crippen LogP contribution < -0.4 is 0 Å². The van der Waals surface area contributed by atoms with E-state index >= 15 is 0 Å². The van der Waals surface area contributed by atoms with Crippen molar-refractivity contribution in [1.82, 2.24) is 4.31 Å². The number of hydrogen-bond acceptors (Lipinski definition) is 4. The third-order valence-electron chi connectivity index (χ3n) is 3.81. The molecule has 1 aromatic rings. The summed E-state index contributed by atoms with van der Waals surface area (Å²) in [6.07, 6.45) is 0.599. The van der Waals surface area contributed by atoms with Gasteiger partial charge in [0.2, 0.25) is 10.0 Å². The molecule has 0 radical (unpaired) electrons. The molecule has 3 rings (SSSR count). The molecule has 2 heterocycles. The van der Waals surface area contributed by atoms with Gasteiger partial charge in [-0.25, -0.2) is 12.8 Å². The number of halogens is 1. The summed E-state index contributed by atoms with van der Waals surface area (Å²) >= 11 is 0. The van der Waals surface area contributed by atoms with E-state index in [1.807, 2.05) is 0 Å². The van der Waals surface area contributed by atoms with E-state index < -0.39 is 21.4 Å². The van der Waals surface area contributed by atoms with Crippen molar-refractivity contribution in [3.63, 3.8) is 0 Å². The maximum Gasteiger partial charge on any atom is 0.243 e. The summed E-state index contributed by atoms with van der Waals surface area (Å²) < 4.78 is 51.0. The smallest absolute Gasteiger partial charge is 0.243 e. The molecule has 5 nitrogen and oxygen atoms in total. The van der Waals surface area contributed by atoms with Crippen molar-refractivity contribution in [3.8, 4) is 0 Å². The number of hydrogen-bond donors (Lipinski definition) is 0. The second kappa shape index (κ2) is 5.07. The van der Waals surface area contributed by atoms with Crippen LogP contribution in [0.4, 0.5) is 4.39 Å². The van der Waals surface area contributed by atoms with Crippen molar-refractivity contribution in [2.45, 2.75) is 16.9 Å². The Bertz CT molecular complexity index is 598. The van der Waals surface area contributed by atoms with Crippen molar-refractivity contribution in [2.24, 2.45) is 0 Å². The van der Waals surface area contributed by atoms with Gasteiger partial charge in [0.15, 0.2) is 0 Å². The van der Waals surface area contributed by atoms with Gasteiger partial charge in [-0.3, -0.25) is 0 Å². The molecule has 1 atom stereocenters. The lowest BCUT2D eigenvalue weighted by molar-refractivity contribution is -0.0293. The second-order valence-electron chi connectivity index (χ2n) is 5.11. The summed E-state index contributed by atoms with van der Waals surface area (Å²) in [7, 11) is -3.74. The number of morpholine rings is 1. The van der Waals surface area contributed by atoms with E-state index in [4.69, 9.17) is 9.47 Å². The van der Waals surface area contributed by atoms with Gasteiger partial charge in [0.05, 0.1) is 30.3 Å². The van der Waals surface area contributed by atoms with Gasteiger partial charge in [-0.15, -0.1) is 0 Å². The molecule has 20 heavy (non-hydrogen) atoms. The quantitative estimate of drug-likeness (QED) is 0.818. The largest absolute Gasteiger partial charge is 0.379 e. The normalized spacial score (nSPS) is 28.1. The van der Waals surface area contributed by atoms with Crippen LogP contribution in [0.25, 0.3) is 0 Å². The van der Waals surface area contributed by atoms with Crippen LogP contribution in [-0.4, -0.2) is 51.2 Å². The van der Waals surface area contributed by atoms with Gasteiger partial charge >= 0.3 is 0 Å². The molecule has 2 fully saturated rings. The SMILES string of the molecule is O=S(=O)(c1cccc(F)c1)N1CCOCC12CCOC2.